The zero-order valence-electron chi connectivity index (χ0n) is 12.7. The van der Waals surface area contributed by atoms with Crippen LogP contribution in [0.1, 0.15) is 70.3 Å². The minimum atomic E-state index is 0.370. The van der Waals surface area contributed by atoms with E-state index in [0.717, 1.165) is 22.9 Å². The highest BCUT2D eigenvalue weighted by molar-refractivity contribution is 9.10. The number of carbonyl (C=O) groups excluding carboxylic acids is 1. The number of ketones is 1. The Hall–Kier alpha value is -0.630. The summed E-state index contributed by atoms with van der Waals surface area (Å²) >= 11 is 3.44. The van der Waals surface area contributed by atoms with Gasteiger partial charge in [-0.1, -0.05) is 79.9 Å². The van der Waals surface area contributed by atoms with Crippen LogP contribution < -0.4 is 0 Å². The monoisotopic (exact) mass is 338 g/mol. The second-order valence-electron chi connectivity index (χ2n) is 5.57. The van der Waals surface area contributed by atoms with Gasteiger partial charge in [-0.3, -0.25) is 4.79 Å². The third-order valence-electron chi connectivity index (χ3n) is 3.60. The molecule has 0 fully saturated rings. The summed E-state index contributed by atoms with van der Waals surface area (Å²) in [6.45, 7) is 2.25. The lowest BCUT2D eigenvalue weighted by molar-refractivity contribution is -0.118. The number of Topliss-reactive ketones (excluding diaryl/α,β-unsaturated/α-hetero) is 1. The van der Waals surface area contributed by atoms with E-state index < -0.39 is 0 Å². The summed E-state index contributed by atoms with van der Waals surface area (Å²) in [5, 5.41) is 0. The number of benzene rings is 1. The Kier molecular flexibility index (Phi) is 9.65. The van der Waals surface area contributed by atoms with Crippen molar-refractivity contribution in [1.82, 2.24) is 0 Å². The third-order valence-corrected chi connectivity index (χ3v) is 4.09. The Morgan fingerprint density at radius 2 is 1.65 bits per heavy atom. The molecule has 0 aliphatic heterocycles. The van der Waals surface area contributed by atoms with Gasteiger partial charge in [0, 0.05) is 17.3 Å². The van der Waals surface area contributed by atoms with Gasteiger partial charge in [-0.05, 0) is 24.1 Å². The maximum Gasteiger partial charge on any atom is 0.137 e. The summed E-state index contributed by atoms with van der Waals surface area (Å²) < 4.78 is 1.05. The second-order valence-corrected chi connectivity index (χ2v) is 6.49. The molecule has 0 atom stereocenters. The number of hydrogen-bond donors (Lipinski definition) is 0. The van der Waals surface area contributed by atoms with Crippen LogP contribution >= 0.6 is 15.9 Å². The molecule has 0 N–H and O–H groups in total. The van der Waals surface area contributed by atoms with Gasteiger partial charge in [0.2, 0.25) is 0 Å². The van der Waals surface area contributed by atoms with E-state index in [-0.39, 0.29) is 0 Å². The Morgan fingerprint density at radius 1 is 1.00 bits per heavy atom. The molecule has 0 saturated heterocycles. The lowest BCUT2D eigenvalue weighted by Crippen LogP contribution is -2.02. The average Bonchev–Trinajstić information content (AvgIpc) is 2.42. The fraction of sp³-hybridized carbons (Fsp3) is 0.611. The molecule has 1 aromatic carbocycles. The lowest BCUT2D eigenvalue weighted by Gasteiger charge is -2.03. The van der Waals surface area contributed by atoms with E-state index in [1.807, 2.05) is 24.3 Å². The second kappa shape index (κ2) is 11.1. The zero-order valence-corrected chi connectivity index (χ0v) is 14.3. The van der Waals surface area contributed by atoms with Crippen LogP contribution in [0.3, 0.4) is 0 Å². The van der Waals surface area contributed by atoms with E-state index in [2.05, 4.69) is 22.9 Å². The largest absolute Gasteiger partial charge is 0.299 e. The van der Waals surface area contributed by atoms with Gasteiger partial charge in [0.1, 0.15) is 5.78 Å². The molecule has 1 rings (SSSR count). The molecular weight excluding hydrogens is 312 g/mol. The predicted molar refractivity (Wildman–Crippen MR) is 90.1 cm³/mol. The molecule has 0 aliphatic carbocycles. The first-order valence-electron chi connectivity index (χ1n) is 7.98. The number of rotatable bonds is 11. The van der Waals surface area contributed by atoms with E-state index in [1.165, 1.54) is 44.9 Å². The van der Waals surface area contributed by atoms with Crippen LogP contribution in [0, 0.1) is 0 Å². The highest BCUT2D eigenvalue weighted by Crippen LogP contribution is 2.14. The molecule has 0 saturated carbocycles. The fourth-order valence-electron chi connectivity index (χ4n) is 2.42. The average molecular weight is 339 g/mol. The van der Waals surface area contributed by atoms with E-state index in [1.54, 1.807) is 0 Å². The Bertz CT molecular complexity index is 387. The molecule has 0 aliphatic rings. The van der Waals surface area contributed by atoms with Gasteiger partial charge in [-0.2, -0.15) is 0 Å². The minimum Gasteiger partial charge on any atom is -0.299 e. The van der Waals surface area contributed by atoms with Crippen molar-refractivity contribution in [3.63, 3.8) is 0 Å². The Morgan fingerprint density at radius 3 is 2.30 bits per heavy atom. The highest BCUT2D eigenvalue weighted by Gasteiger charge is 2.04. The van der Waals surface area contributed by atoms with Crippen LogP contribution in [0.15, 0.2) is 28.7 Å². The van der Waals surface area contributed by atoms with E-state index in [4.69, 9.17) is 0 Å². The molecule has 1 aromatic rings. The van der Waals surface area contributed by atoms with Gasteiger partial charge < -0.3 is 0 Å². The molecule has 0 unspecified atom stereocenters. The summed E-state index contributed by atoms with van der Waals surface area (Å²) in [5.74, 6) is 0.370. The van der Waals surface area contributed by atoms with E-state index in [9.17, 15) is 4.79 Å². The Labute approximate surface area is 132 Å². The van der Waals surface area contributed by atoms with Crippen molar-refractivity contribution >= 4 is 21.7 Å². The molecule has 112 valence electrons. The SMILES string of the molecule is CCCCCCCCCCC(=O)Cc1cccc(Br)c1. The van der Waals surface area contributed by atoms with Gasteiger partial charge in [0.05, 0.1) is 0 Å². The first kappa shape index (κ1) is 17.4. The number of hydrogen-bond acceptors (Lipinski definition) is 1. The van der Waals surface area contributed by atoms with Crippen molar-refractivity contribution in [2.24, 2.45) is 0 Å². The Balaban J connectivity index is 2.03. The summed E-state index contributed by atoms with van der Waals surface area (Å²) in [6, 6.07) is 8.04. The van der Waals surface area contributed by atoms with Crippen molar-refractivity contribution in [1.29, 1.82) is 0 Å². The highest BCUT2D eigenvalue weighted by atomic mass is 79.9. The van der Waals surface area contributed by atoms with Crippen molar-refractivity contribution < 1.29 is 4.79 Å². The van der Waals surface area contributed by atoms with Crippen molar-refractivity contribution in [2.45, 2.75) is 71.1 Å². The van der Waals surface area contributed by atoms with Gasteiger partial charge >= 0.3 is 0 Å². The van der Waals surface area contributed by atoms with Crippen molar-refractivity contribution in [2.75, 3.05) is 0 Å². The van der Waals surface area contributed by atoms with Crippen LogP contribution in [0.25, 0.3) is 0 Å². The molecule has 0 heterocycles. The molecule has 2 heteroatoms. The summed E-state index contributed by atoms with van der Waals surface area (Å²) in [7, 11) is 0. The van der Waals surface area contributed by atoms with E-state index >= 15 is 0 Å². The standard InChI is InChI=1S/C18H27BrO/c1-2-3-4-5-6-7-8-9-13-18(20)15-16-11-10-12-17(19)14-16/h10-12,14H,2-9,13,15H2,1H3. The smallest absolute Gasteiger partial charge is 0.137 e. The van der Waals surface area contributed by atoms with Gasteiger partial charge in [-0.25, -0.2) is 0 Å². The summed E-state index contributed by atoms with van der Waals surface area (Å²) in [6.07, 6.45) is 11.6. The molecule has 0 amide bonds. The van der Waals surface area contributed by atoms with E-state index in [0.29, 0.717) is 12.2 Å². The summed E-state index contributed by atoms with van der Waals surface area (Å²) in [5.41, 5.74) is 1.11. The lowest BCUT2D eigenvalue weighted by atomic mass is 10.0. The maximum absolute atomic E-state index is 11.9. The number of unbranched alkanes of at least 4 members (excludes halogenated alkanes) is 7. The van der Waals surface area contributed by atoms with Crippen molar-refractivity contribution in [3.8, 4) is 0 Å². The molecule has 0 radical (unpaired) electrons. The predicted octanol–water partition coefficient (Wildman–Crippen LogP) is 6.09. The normalized spacial score (nSPS) is 10.7. The molecular formula is C18H27BrO. The molecule has 0 aromatic heterocycles. The third kappa shape index (κ3) is 8.52. The number of halogens is 1. The molecule has 1 nitrogen and oxygen atoms in total. The van der Waals surface area contributed by atoms with Gasteiger partial charge in [0.25, 0.3) is 0 Å². The van der Waals surface area contributed by atoms with Crippen molar-refractivity contribution in [3.05, 3.63) is 34.3 Å². The van der Waals surface area contributed by atoms with Gasteiger partial charge in [-0.15, -0.1) is 0 Å². The molecule has 20 heavy (non-hydrogen) atoms. The first-order chi connectivity index (χ1) is 9.72. The topological polar surface area (TPSA) is 17.1 Å². The van der Waals surface area contributed by atoms with Crippen LogP contribution in [0.5, 0.6) is 0 Å². The fourth-order valence-corrected chi connectivity index (χ4v) is 2.87. The zero-order chi connectivity index (χ0) is 14.6. The van der Waals surface area contributed by atoms with Crippen LogP contribution in [-0.2, 0) is 11.2 Å². The summed E-state index contributed by atoms with van der Waals surface area (Å²) in [4.78, 5) is 11.9. The van der Waals surface area contributed by atoms with Gasteiger partial charge in [0.15, 0.2) is 0 Å². The molecule has 0 spiro atoms. The minimum absolute atomic E-state index is 0.370. The number of carbonyl (C=O) groups is 1. The van der Waals surface area contributed by atoms with Crippen LogP contribution in [0.2, 0.25) is 0 Å². The van der Waals surface area contributed by atoms with Crippen LogP contribution in [0.4, 0.5) is 0 Å². The maximum atomic E-state index is 11.9. The molecule has 0 bridgehead atoms. The van der Waals surface area contributed by atoms with Crippen LogP contribution in [-0.4, -0.2) is 5.78 Å². The quantitative estimate of drug-likeness (QED) is 0.446. The first-order valence-corrected chi connectivity index (χ1v) is 8.78.